The Morgan fingerprint density at radius 3 is 2.52 bits per heavy atom. The van der Waals surface area contributed by atoms with Gasteiger partial charge in [0.05, 0.1) is 0 Å². The fraction of sp³-hybridized carbons (Fsp3) is 0.611. The van der Waals surface area contributed by atoms with Crippen LogP contribution in [0.25, 0.3) is 0 Å². The van der Waals surface area contributed by atoms with Crippen molar-refractivity contribution >= 4 is 17.5 Å². The topological polar surface area (TPSA) is 17.1 Å². The first kappa shape index (κ1) is 20.2. The third kappa shape index (κ3) is 10.5. The number of halogens is 1. The minimum absolute atomic E-state index is 0.165. The molecule has 0 aromatic rings. The van der Waals surface area contributed by atoms with Gasteiger partial charge in [0.25, 0.3) is 0 Å². The molecule has 0 aliphatic heterocycles. The first-order chi connectivity index (χ1) is 9.90. The average molecular weight is 312 g/mol. The fourth-order valence-corrected chi connectivity index (χ4v) is 3.65. The minimum Gasteiger partial charge on any atom is -0.295 e. The van der Waals surface area contributed by atoms with Gasteiger partial charge in [-0.25, -0.2) is 4.39 Å². The van der Waals surface area contributed by atoms with Crippen LogP contribution in [0.15, 0.2) is 36.2 Å². The maximum atomic E-state index is 12.2. The third-order valence-electron chi connectivity index (χ3n) is 3.36. The molecule has 1 fully saturated rings. The summed E-state index contributed by atoms with van der Waals surface area (Å²) < 4.78 is 12.2. The zero-order chi connectivity index (χ0) is 16.3. The summed E-state index contributed by atoms with van der Waals surface area (Å²) in [7, 11) is 0. The second-order valence-corrected chi connectivity index (χ2v) is 7.03. The molecule has 21 heavy (non-hydrogen) atoms. The Bertz CT molecular complexity index is 383. The summed E-state index contributed by atoms with van der Waals surface area (Å²) in [6.07, 6.45) is 10.2. The Morgan fingerprint density at radius 1 is 1.43 bits per heavy atom. The van der Waals surface area contributed by atoms with Gasteiger partial charge in [-0.1, -0.05) is 45.4 Å². The molecule has 120 valence electrons. The van der Waals surface area contributed by atoms with E-state index in [-0.39, 0.29) is 5.78 Å². The molecule has 0 amide bonds. The summed E-state index contributed by atoms with van der Waals surface area (Å²) in [5.74, 6) is 1.53. The Balaban J connectivity index is 0.000000382. The number of hydrogen-bond donors (Lipinski definition) is 0. The number of ketones is 1. The van der Waals surface area contributed by atoms with Crippen LogP contribution in [0.4, 0.5) is 4.39 Å². The number of carbonyl (C=O) groups excluding carboxylic acids is 1. The molecule has 1 aliphatic rings. The highest BCUT2D eigenvalue weighted by atomic mass is 32.2. The van der Waals surface area contributed by atoms with Crippen LogP contribution in [0.2, 0.25) is 0 Å². The first-order valence-electron chi connectivity index (χ1n) is 7.72. The Kier molecular flexibility index (Phi) is 11.3. The number of hydrogen-bond acceptors (Lipinski definition) is 2. The molecule has 1 aliphatic carbocycles. The number of allylic oxidation sites excluding steroid dienone is 5. The molecule has 2 unspecified atom stereocenters. The van der Waals surface area contributed by atoms with Crippen LogP contribution in [-0.2, 0) is 4.79 Å². The van der Waals surface area contributed by atoms with Gasteiger partial charge in [-0.3, -0.25) is 4.79 Å². The summed E-state index contributed by atoms with van der Waals surface area (Å²) in [5.41, 5.74) is 0.333. The van der Waals surface area contributed by atoms with E-state index in [1.165, 1.54) is 38.4 Å². The van der Waals surface area contributed by atoms with Gasteiger partial charge in [-0.2, -0.15) is 11.8 Å². The standard InChI is InChI=1S/C9H11FO.C9H18S/c1-4-5-9(8(3)11)6-7(2)10;1-3-10-9-6-4-5-8(2)7-9/h4-6H,2H2,1,3H3;8-9H,3-7H2,1-2H3/b5-4-,9-6+;. The fourth-order valence-electron chi connectivity index (χ4n) is 2.38. The lowest BCUT2D eigenvalue weighted by atomic mass is 9.91. The lowest BCUT2D eigenvalue weighted by Gasteiger charge is -2.25. The maximum absolute atomic E-state index is 12.2. The SMILES string of the molecule is C=C(F)/C=C(\C=C/C)C(C)=O.CCSC1CCCC(C)C1. The van der Waals surface area contributed by atoms with Gasteiger partial charge in [-0.05, 0) is 44.4 Å². The summed E-state index contributed by atoms with van der Waals surface area (Å²) in [5, 5.41) is 0.994. The second kappa shape index (κ2) is 11.8. The maximum Gasteiger partial charge on any atom is 0.159 e. The largest absolute Gasteiger partial charge is 0.295 e. The van der Waals surface area contributed by atoms with Gasteiger partial charge in [-0.15, -0.1) is 0 Å². The van der Waals surface area contributed by atoms with Gasteiger partial charge in [0.1, 0.15) is 5.83 Å². The predicted octanol–water partition coefficient (Wildman–Crippen LogP) is 5.88. The van der Waals surface area contributed by atoms with Gasteiger partial charge in [0, 0.05) is 10.8 Å². The van der Waals surface area contributed by atoms with E-state index in [9.17, 15) is 9.18 Å². The lowest BCUT2D eigenvalue weighted by Crippen LogP contribution is -2.15. The molecule has 1 rings (SSSR count). The quantitative estimate of drug-likeness (QED) is 0.466. The highest BCUT2D eigenvalue weighted by Gasteiger charge is 2.17. The van der Waals surface area contributed by atoms with E-state index in [0.29, 0.717) is 5.57 Å². The van der Waals surface area contributed by atoms with Crippen LogP contribution >= 0.6 is 11.8 Å². The zero-order valence-electron chi connectivity index (χ0n) is 13.8. The zero-order valence-corrected chi connectivity index (χ0v) is 14.6. The van der Waals surface area contributed by atoms with Crippen molar-refractivity contribution in [1.82, 2.24) is 0 Å². The molecule has 0 heterocycles. The molecule has 3 heteroatoms. The molecule has 2 atom stereocenters. The van der Waals surface area contributed by atoms with Gasteiger partial charge in [0.15, 0.2) is 5.78 Å². The molecule has 0 N–H and O–H groups in total. The second-order valence-electron chi connectivity index (χ2n) is 5.45. The molecule has 0 bridgehead atoms. The summed E-state index contributed by atoms with van der Waals surface area (Å²) in [6, 6.07) is 0. The monoisotopic (exact) mass is 312 g/mol. The molecular weight excluding hydrogens is 283 g/mol. The molecule has 0 spiro atoms. The van der Waals surface area contributed by atoms with Crippen LogP contribution in [0.1, 0.15) is 53.4 Å². The van der Waals surface area contributed by atoms with E-state index in [2.05, 4.69) is 32.2 Å². The van der Waals surface area contributed by atoms with Crippen molar-refractivity contribution in [3.63, 3.8) is 0 Å². The van der Waals surface area contributed by atoms with Crippen LogP contribution in [-0.4, -0.2) is 16.8 Å². The Morgan fingerprint density at radius 2 is 2.10 bits per heavy atom. The molecular formula is C18H29FOS. The van der Waals surface area contributed by atoms with Crippen molar-refractivity contribution in [3.05, 3.63) is 36.2 Å². The predicted molar refractivity (Wildman–Crippen MR) is 93.4 cm³/mol. The van der Waals surface area contributed by atoms with Crippen molar-refractivity contribution in [2.75, 3.05) is 5.75 Å². The molecule has 1 saturated carbocycles. The highest BCUT2D eigenvalue weighted by molar-refractivity contribution is 7.99. The van der Waals surface area contributed by atoms with Crippen LogP contribution < -0.4 is 0 Å². The average Bonchev–Trinajstić information content (AvgIpc) is 2.39. The minimum atomic E-state index is -0.603. The molecule has 0 aromatic carbocycles. The summed E-state index contributed by atoms with van der Waals surface area (Å²) in [6.45, 7) is 10.8. The number of thioether (sulfide) groups is 1. The Hall–Kier alpha value is -0.830. The number of carbonyl (C=O) groups is 1. The third-order valence-corrected chi connectivity index (χ3v) is 4.59. The molecule has 1 nitrogen and oxygen atoms in total. The lowest BCUT2D eigenvalue weighted by molar-refractivity contribution is -0.113. The van der Waals surface area contributed by atoms with Crippen molar-refractivity contribution in [1.29, 1.82) is 0 Å². The van der Waals surface area contributed by atoms with Crippen molar-refractivity contribution in [3.8, 4) is 0 Å². The van der Waals surface area contributed by atoms with E-state index in [4.69, 9.17) is 0 Å². The van der Waals surface area contributed by atoms with Crippen LogP contribution in [0.5, 0.6) is 0 Å². The van der Waals surface area contributed by atoms with Crippen LogP contribution in [0, 0.1) is 5.92 Å². The smallest absolute Gasteiger partial charge is 0.159 e. The van der Waals surface area contributed by atoms with Crippen LogP contribution in [0.3, 0.4) is 0 Å². The van der Waals surface area contributed by atoms with E-state index < -0.39 is 5.83 Å². The molecule has 0 aromatic heterocycles. The molecule has 0 saturated heterocycles. The van der Waals surface area contributed by atoms with Crippen molar-refractivity contribution in [2.24, 2.45) is 5.92 Å². The summed E-state index contributed by atoms with van der Waals surface area (Å²) >= 11 is 2.16. The van der Waals surface area contributed by atoms with Gasteiger partial charge >= 0.3 is 0 Å². The van der Waals surface area contributed by atoms with E-state index in [0.717, 1.165) is 17.2 Å². The van der Waals surface area contributed by atoms with Crippen molar-refractivity contribution < 1.29 is 9.18 Å². The van der Waals surface area contributed by atoms with E-state index >= 15 is 0 Å². The first-order valence-corrected chi connectivity index (χ1v) is 8.76. The highest BCUT2D eigenvalue weighted by Crippen LogP contribution is 2.31. The van der Waals surface area contributed by atoms with E-state index in [1.807, 2.05) is 0 Å². The van der Waals surface area contributed by atoms with Gasteiger partial charge in [0.2, 0.25) is 0 Å². The van der Waals surface area contributed by atoms with Crippen molar-refractivity contribution in [2.45, 2.75) is 58.6 Å². The van der Waals surface area contributed by atoms with Gasteiger partial charge < -0.3 is 0 Å². The summed E-state index contributed by atoms with van der Waals surface area (Å²) in [4.78, 5) is 10.7. The number of Topliss-reactive ketones (excluding diaryl/α,β-unsaturated/α-hetero) is 1. The molecule has 0 radical (unpaired) electrons. The van der Waals surface area contributed by atoms with E-state index in [1.54, 1.807) is 19.1 Å². The normalized spacial score (nSPS) is 22.6. The number of rotatable bonds is 5. The Labute approximate surface area is 133 Å².